The summed E-state index contributed by atoms with van der Waals surface area (Å²) in [6, 6.07) is 0. The van der Waals surface area contributed by atoms with Gasteiger partial charge in [0.25, 0.3) is 0 Å². The quantitative estimate of drug-likeness (QED) is 0.308. The average molecular weight is 735 g/mol. The van der Waals surface area contributed by atoms with Crippen molar-refractivity contribution in [3.63, 3.8) is 0 Å². The lowest BCUT2D eigenvalue weighted by Crippen LogP contribution is -2.61. The maximum Gasteiger partial charge on any atom is 0.135 e. The van der Waals surface area contributed by atoms with E-state index >= 15 is 0 Å². The number of rotatable bonds is 4. The number of hydrogen-bond donors (Lipinski definition) is 4. The van der Waals surface area contributed by atoms with Crippen molar-refractivity contribution in [2.75, 3.05) is 13.7 Å². The number of aliphatic hydroxyl groups is 4. The second kappa shape index (κ2) is 16.2. The molecule has 15 unspecified atom stereocenters. The maximum absolute atomic E-state index is 13.9. The summed E-state index contributed by atoms with van der Waals surface area (Å²) in [5, 5.41) is 42.6. The molecule has 7 heterocycles. The highest BCUT2D eigenvalue weighted by molar-refractivity contribution is 5.79. The van der Waals surface area contributed by atoms with Gasteiger partial charge in [-0.05, 0) is 62.0 Å². The first-order chi connectivity index (χ1) is 24.9. The third-order valence-corrected chi connectivity index (χ3v) is 12.8. The zero-order valence-corrected chi connectivity index (χ0v) is 30.5. The van der Waals surface area contributed by atoms with Gasteiger partial charge in [0, 0.05) is 45.1 Å². The molecule has 7 aliphatic rings. The van der Waals surface area contributed by atoms with E-state index in [0.29, 0.717) is 38.5 Å². The van der Waals surface area contributed by atoms with Crippen LogP contribution in [0.25, 0.3) is 0 Å². The number of carbonyl (C=O) groups is 2. The third kappa shape index (κ3) is 7.88. The number of hydrogen-bond acceptors (Lipinski definition) is 13. The van der Waals surface area contributed by atoms with Crippen LogP contribution in [0.2, 0.25) is 0 Å². The minimum Gasteiger partial charge on any atom is -0.394 e. The van der Waals surface area contributed by atoms with Gasteiger partial charge in [0.1, 0.15) is 48.2 Å². The van der Waals surface area contributed by atoms with Crippen LogP contribution in [0.5, 0.6) is 0 Å². The van der Waals surface area contributed by atoms with Crippen LogP contribution in [-0.4, -0.2) is 143 Å². The molecule has 7 rings (SSSR count). The Morgan fingerprint density at radius 1 is 0.769 bits per heavy atom. The lowest BCUT2D eigenvalue weighted by Gasteiger charge is -2.46. The summed E-state index contributed by atoms with van der Waals surface area (Å²) in [4.78, 5) is 27.0. The fraction of sp³-hybridized carbons (Fsp3) is 0.846. The third-order valence-electron chi connectivity index (χ3n) is 12.8. The van der Waals surface area contributed by atoms with E-state index in [1.54, 1.807) is 7.11 Å². The van der Waals surface area contributed by atoms with Crippen LogP contribution in [0.3, 0.4) is 0 Å². The molecular weight excluding hydrogens is 676 g/mol. The number of methoxy groups -OCH3 is 1. The fourth-order valence-electron chi connectivity index (χ4n) is 9.95. The summed E-state index contributed by atoms with van der Waals surface area (Å²) in [6.07, 6.45) is -4.89. The van der Waals surface area contributed by atoms with Gasteiger partial charge in [0.2, 0.25) is 0 Å². The van der Waals surface area contributed by atoms with Crippen LogP contribution in [0.15, 0.2) is 24.3 Å². The van der Waals surface area contributed by atoms with Crippen molar-refractivity contribution < 1.29 is 63.2 Å². The first-order valence-electron chi connectivity index (χ1n) is 19.4. The molecule has 4 N–H and O–H groups in total. The van der Waals surface area contributed by atoms with Gasteiger partial charge in [-0.15, -0.1) is 0 Å². The molecule has 7 aliphatic heterocycles. The molecule has 18 atom stereocenters. The summed E-state index contributed by atoms with van der Waals surface area (Å²) < 4.78 is 44.4. The van der Waals surface area contributed by atoms with Crippen LogP contribution in [-0.2, 0) is 42.7 Å². The molecule has 0 aromatic rings. The number of aliphatic hydroxyl groups excluding tert-OH is 4. The van der Waals surface area contributed by atoms with E-state index in [1.165, 1.54) is 0 Å². The van der Waals surface area contributed by atoms with Gasteiger partial charge in [-0.25, -0.2) is 0 Å². The average Bonchev–Trinajstić information content (AvgIpc) is 3.75. The topological polar surface area (TPSA) is 180 Å². The predicted octanol–water partition coefficient (Wildman–Crippen LogP) is 1.88. The molecule has 0 aromatic carbocycles. The lowest BCUT2D eigenvalue weighted by molar-refractivity contribution is -0.259. The van der Waals surface area contributed by atoms with Crippen molar-refractivity contribution in [2.24, 2.45) is 11.8 Å². The van der Waals surface area contributed by atoms with Gasteiger partial charge in [0.05, 0.1) is 67.6 Å². The van der Waals surface area contributed by atoms with E-state index in [9.17, 15) is 30.0 Å². The van der Waals surface area contributed by atoms with Gasteiger partial charge in [-0.2, -0.15) is 0 Å². The second-order valence-corrected chi connectivity index (χ2v) is 16.4. The zero-order chi connectivity index (χ0) is 36.8. The molecule has 7 fully saturated rings. The molecule has 52 heavy (non-hydrogen) atoms. The summed E-state index contributed by atoms with van der Waals surface area (Å²) in [5.74, 6) is -0.403. The summed E-state index contributed by atoms with van der Waals surface area (Å²) in [5.41, 5.74) is 1.88. The van der Waals surface area contributed by atoms with E-state index in [1.807, 2.05) is 0 Å². The van der Waals surface area contributed by atoms with Crippen LogP contribution in [0.1, 0.15) is 84.0 Å². The molecule has 0 aliphatic carbocycles. The smallest absolute Gasteiger partial charge is 0.135 e. The van der Waals surface area contributed by atoms with Gasteiger partial charge in [-0.1, -0.05) is 20.1 Å². The highest BCUT2D eigenvalue weighted by atomic mass is 16.6. The number of ketones is 2. The first-order valence-corrected chi connectivity index (χ1v) is 19.4. The minimum atomic E-state index is -1.11. The Bertz CT molecular complexity index is 1320. The Morgan fingerprint density at radius 2 is 1.50 bits per heavy atom. The van der Waals surface area contributed by atoms with Crippen molar-refractivity contribution in [1.29, 1.82) is 0 Å². The molecule has 0 amide bonds. The Labute approximate surface area is 305 Å². The summed E-state index contributed by atoms with van der Waals surface area (Å²) >= 11 is 0. The van der Waals surface area contributed by atoms with E-state index in [0.717, 1.165) is 17.6 Å². The van der Waals surface area contributed by atoms with Crippen molar-refractivity contribution in [3.8, 4) is 0 Å². The second-order valence-electron chi connectivity index (χ2n) is 16.4. The largest absolute Gasteiger partial charge is 0.394 e. The number of fused-ring (bicyclic) bond motifs is 8. The molecule has 0 radical (unpaired) electrons. The molecule has 8 bridgehead atoms. The number of carbonyl (C=O) groups excluding carboxylic acids is 2. The monoisotopic (exact) mass is 734 g/mol. The van der Waals surface area contributed by atoms with Crippen LogP contribution >= 0.6 is 0 Å². The Balaban J connectivity index is 1.14. The first kappa shape index (κ1) is 38.6. The van der Waals surface area contributed by atoms with Crippen molar-refractivity contribution in [3.05, 3.63) is 24.3 Å². The van der Waals surface area contributed by atoms with Gasteiger partial charge in [-0.3, -0.25) is 9.59 Å². The standard InChI is InChI=1S/C39H58O13/c1-18-11-25-7-9-28-19(2)12-24(47-28)6-5-21(41)15-30-32(44)38-39(51-30)33(45)37-29(50-38)10-8-26(49-37)13-22(42)14-27-35(46-4)31(16-23(43)17-40)52-36(27)34(48-25)20(18)3/h18,23-40,43-45H,2-3,5-17H2,1,4H3/t18-,23?,24?,25+,26?,27?,28?,29?,30?,31?,32?,33?,34?,35+,36?,37?,38?,39?/m1/s1. The fourth-order valence-corrected chi connectivity index (χ4v) is 9.95. The van der Waals surface area contributed by atoms with E-state index in [-0.39, 0.29) is 67.9 Å². The highest BCUT2D eigenvalue weighted by Gasteiger charge is 2.57. The lowest BCUT2D eigenvalue weighted by atomic mass is 9.79. The van der Waals surface area contributed by atoms with Crippen molar-refractivity contribution in [2.45, 2.75) is 182 Å². The molecule has 0 aromatic heterocycles. The van der Waals surface area contributed by atoms with E-state index in [2.05, 4.69) is 20.1 Å². The number of Topliss-reactive ketones (excluding diaryl/α,β-unsaturated/α-hetero) is 2. The van der Waals surface area contributed by atoms with E-state index < -0.39 is 91.9 Å². The minimum absolute atomic E-state index is 0.00643. The molecule has 292 valence electrons. The molecule has 0 spiro atoms. The zero-order valence-electron chi connectivity index (χ0n) is 30.5. The molecular formula is C39H58O13. The van der Waals surface area contributed by atoms with Crippen LogP contribution in [0, 0.1) is 11.8 Å². The van der Waals surface area contributed by atoms with Crippen LogP contribution in [0.4, 0.5) is 0 Å². The van der Waals surface area contributed by atoms with Crippen LogP contribution < -0.4 is 0 Å². The summed E-state index contributed by atoms with van der Waals surface area (Å²) in [6.45, 7) is 10.4. The van der Waals surface area contributed by atoms with Crippen molar-refractivity contribution >= 4 is 11.6 Å². The number of ether oxygens (including phenoxy) is 7. The summed E-state index contributed by atoms with van der Waals surface area (Å²) in [7, 11) is 1.57. The molecule has 13 nitrogen and oxygen atoms in total. The van der Waals surface area contributed by atoms with E-state index in [4.69, 9.17) is 33.2 Å². The van der Waals surface area contributed by atoms with Crippen molar-refractivity contribution in [1.82, 2.24) is 0 Å². The van der Waals surface area contributed by atoms with Gasteiger partial charge >= 0.3 is 0 Å². The maximum atomic E-state index is 13.9. The highest BCUT2D eigenvalue weighted by Crippen LogP contribution is 2.45. The molecule has 0 saturated carbocycles. The SMILES string of the molecule is C=C1CC2CCC(=O)CC3OC4C(O)C5OC(CCC5OC4C3O)CC(=O)CC3C(OC(CC(O)CO)[C@H]3OC)C3O[C@@H](CCC1O2)C[C@@H](C)C3=C. The predicted molar refractivity (Wildman–Crippen MR) is 184 cm³/mol. The molecule has 13 heteroatoms. The molecule has 7 saturated heterocycles. The normalized spacial score (nSPS) is 48.2. The van der Waals surface area contributed by atoms with Gasteiger partial charge in [0.15, 0.2) is 0 Å². The Morgan fingerprint density at radius 3 is 2.27 bits per heavy atom. The Kier molecular flexibility index (Phi) is 12.1. The van der Waals surface area contributed by atoms with Gasteiger partial charge < -0.3 is 53.6 Å². The Hall–Kier alpha value is -1.62.